The van der Waals surface area contributed by atoms with Crippen LogP contribution in [0.25, 0.3) is 22.3 Å². The predicted octanol–water partition coefficient (Wildman–Crippen LogP) is 3.44. The largest absolute Gasteiger partial charge is 0.496 e. The molecule has 0 fully saturated rings. The van der Waals surface area contributed by atoms with Crippen LogP contribution in [0.5, 0.6) is 5.75 Å². The fourth-order valence-electron chi connectivity index (χ4n) is 3.52. The first-order chi connectivity index (χ1) is 15.3. The quantitative estimate of drug-likeness (QED) is 0.419. The third-order valence-corrected chi connectivity index (χ3v) is 6.57. The highest BCUT2D eigenvalue weighted by molar-refractivity contribution is 7.90. The molecule has 1 aromatic carbocycles. The Kier molecular flexibility index (Phi) is 5.98. The van der Waals surface area contributed by atoms with E-state index in [1.165, 1.54) is 12.5 Å². The van der Waals surface area contributed by atoms with Crippen LogP contribution in [0.2, 0.25) is 5.02 Å². The minimum Gasteiger partial charge on any atom is -0.496 e. The van der Waals surface area contributed by atoms with E-state index in [-0.39, 0.29) is 4.90 Å². The van der Waals surface area contributed by atoms with E-state index in [4.69, 9.17) is 16.3 Å². The van der Waals surface area contributed by atoms with Crippen molar-refractivity contribution in [3.8, 4) is 16.9 Å². The number of hydrogen-bond donors (Lipinski definition) is 2. The number of fused-ring (bicyclic) bond motifs is 1. The van der Waals surface area contributed by atoms with Crippen molar-refractivity contribution in [1.29, 1.82) is 0 Å². The van der Waals surface area contributed by atoms with E-state index >= 15 is 0 Å². The van der Waals surface area contributed by atoms with Crippen molar-refractivity contribution >= 4 is 38.4 Å². The van der Waals surface area contributed by atoms with E-state index < -0.39 is 9.84 Å². The molecule has 0 spiro atoms. The highest BCUT2D eigenvalue weighted by Crippen LogP contribution is 2.40. The number of hydrogen-bond acceptors (Lipinski definition) is 8. The number of H-pyrrole nitrogens is 1. The molecular weight excluding hydrogens is 452 g/mol. The molecule has 9 nitrogen and oxygen atoms in total. The molecule has 4 rings (SSSR count). The zero-order valence-corrected chi connectivity index (χ0v) is 19.3. The van der Waals surface area contributed by atoms with Crippen LogP contribution in [0.4, 0.5) is 5.82 Å². The van der Waals surface area contributed by atoms with Gasteiger partial charge in [-0.05, 0) is 36.6 Å². The number of halogens is 1. The topological polar surface area (TPSA) is 123 Å². The van der Waals surface area contributed by atoms with Crippen LogP contribution in [-0.4, -0.2) is 53.2 Å². The zero-order valence-electron chi connectivity index (χ0n) is 17.7. The van der Waals surface area contributed by atoms with Gasteiger partial charge in [-0.3, -0.25) is 4.98 Å². The molecule has 0 atom stereocenters. The zero-order chi connectivity index (χ0) is 22.9. The summed E-state index contributed by atoms with van der Waals surface area (Å²) in [5.74, 6) is 1.27. The summed E-state index contributed by atoms with van der Waals surface area (Å²) in [6.07, 6.45) is 7.68. The number of aromatic amines is 1. The lowest BCUT2D eigenvalue weighted by molar-refractivity contribution is 0.411. The lowest BCUT2D eigenvalue weighted by atomic mass is 9.96. The molecule has 0 radical (unpaired) electrons. The van der Waals surface area contributed by atoms with Gasteiger partial charge < -0.3 is 15.0 Å². The van der Waals surface area contributed by atoms with Crippen molar-refractivity contribution in [2.45, 2.75) is 18.2 Å². The monoisotopic (exact) mass is 472 g/mol. The number of aromatic nitrogens is 5. The lowest BCUT2D eigenvalue weighted by Crippen LogP contribution is -2.09. The number of sulfone groups is 1. The highest BCUT2D eigenvalue weighted by atomic mass is 35.5. The molecule has 0 saturated carbocycles. The molecule has 11 heteroatoms. The first-order valence-electron chi connectivity index (χ1n) is 9.69. The van der Waals surface area contributed by atoms with E-state index in [2.05, 4.69) is 30.2 Å². The Hall–Kier alpha value is -3.24. The molecule has 2 N–H and O–H groups in total. The van der Waals surface area contributed by atoms with Crippen molar-refractivity contribution in [1.82, 2.24) is 24.9 Å². The predicted molar refractivity (Wildman–Crippen MR) is 123 cm³/mol. The number of imidazole rings is 1. The van der Waals surface area contributed by atoms with E-state index in [1.54, 1.807) is 25.7 Å². The number of nitrogens with zero attached hydrogens (tertiary/aromatic N) is 4. The summed E-state index contributed by atoms with van der Waals surface area (Å²) in [7, 11) is -1.83. The molecule has 4 aromatic rings. The van der Waals surface area contributed by atoms with Gasteiger partial charge in [0.05, 0.1) is 18.3 Å². The van der Waals surface area contributed by atoms with Gasteiger partial charge in [0.15, 0.2) is 21.3 Å². The van der Waals surface area contributed by atoms with Crippen LogP contribution in [-0.2, 0) is 16.3 Å². The van der Waals surface area contributed by atoms with E-state index in [0.717, 1.165) is 22.9 Å². The van der Waals surface area contributed by atoms with Crippen LogP contribution in [0, 0.1) is 6.92 Å². The van der Waals surface area contributed by atoms with Gasteiger partial charge in [0.2, 0.25) is 0 Å². The lowest BCUT2D eigenvalue weighted by Gasteiger charge is -2.18. The van der Waals surface area contributed by atoms with Gasteiger partial charge in [0.1, 0.15) is 17.6 Å². The molecule has 0 saturated heterocycles. The maximum atomic E-state index is 12.0. The summed E-state index contributed by atoms with van der Waals surface area (Å²) in [4.78, 5) is 19.8. The standard InChI is InChI=1S/C21H21ClN6O3S/c1-12-16(22)7-13(4-5-24-20-18-21(26-10-25-18)28-11-27-20)19(31-2)17(12)14-6-15(9-23-8-14)32(3,29)30/h6-11H,4-5H2,1-3H3,(H2,24,25,26,27,28). The Bertz CT molecular complexity index is 1400. The molecule has 32 heavy (non-hydrogen) atoms. The molecule has 3 heterocycles. The summed E-state index contributed by atoms with van der Waals surface area (Å²) < 4.78 is 29.8. The molecule has 0 amide bonds. The normalized spacial score (nSPS) is 11.6. The number of nitrogens with one attached hydrogen (secondary N) is 2. The van der Waals surface area contributed by atoms with Gasteiger partial charge in [-0.1, -0.05) is 11.6 Å². The minimum atomic E-state index is -3.41. The second-order valence-electron chi connectivity index (χ2n) is 7.23. The second-order valence-corrected chi connectivity index (χ2v) is 9.66. The van der Waals surface area contributed by atoms with Crippen LogP contribution in [0.15, 0.2) is 42.1 Å². The third-order valence-electron chi connectivity index (χ3n) is 5.10. The fourth-order valence-corrected chi connectivity index (χ4v) is 4.34. The SMILES string of the molecule is COc1c(CCNc2ncnc3nc[nH]c23)cc(Cl)c(C)c1-c1cncc(S(C)(=O)=O)c1. The summed E-state index contributed by atoms with van der Waals surface area (Å²) >= 11 is 6.54. The first kappa shape index (κ1) is 22.0. The maximum Gasteiger partial charge on any atom is 0.182 e. The number of anilines is 1. The summed E-state index contributed by atoms with van der Waals surface area (Å²) in [6.45, 7) is 2.41. The van der Waals surface area contributed by atoms with E-state index in [9.17, 15) is 8.42 Å². The van der Waals surface area contributed by atoms with Crippen molar-refractivity contribution in [2.75, 3.05) is 25.2 Å². The molecule has 0 bridgehead atoms. The van der Waals surface area contributed by atoms with Gasteiger partial charge in [0.25, 0.3) is 0 Å². The molecule has 0 aliphatic heterocycles. The van der Waals surface area contributed by atoms with Gasteiger partial charge in [-0.2, -0.15) is 0 Å². The third kappa shape index (κ3) is 4.23. The minimum absolute atomic E-state index is 0.131. The van der Waals surface area contributed by atoms with Crippen LogP contribution < -0.4 is 10.1 Å². The molecule has 0 unspecified atom stereocenters. The first-order valence-corrected chi connectivity index (χ1v) is 12.0. The van der Waals surface area contributed by atoms with Crippen molar-refractivity contribution in [2.24, 2.45) is 0 Å². The van der Waals surface area contributed by atoms with E-state index in [0.29, 0.717) is 46.3 Å². The maximum absolute atomic E-state index is 12.0. The Morgan fingerprint density at radius 1 is 1.19 bits per heavy atom. The molecule has 0 aliphatic rings. The Balaban J connectivity index is 1.68. The molecule has 3 aromatic heterocycles. The smallest absolute Gasteiger partial charge is 0.182 e. The fraction of sp³-hybridized carbons (Fsp3) is 0.238. The number of benzene rings is 1. The number of rotatable bonds is 7. The molecule has 0 aliphatic carbocycles. The van der Waals surface area contributed by atoms with Gasteiger partial charge in [0, 0.05) is 41.3 Å². The summed E-state index contributed by atoms with van der Waals surface area (Å²) in [6, 6.07) is 3.45. The Labute approximate surface area is 190 Å². The van der Waals surface area contributed by atoms with Gasteiger partial charge >= 0.3 is 0 Å². The summed E-state index contributed by atoms with van der Waals surface area (Å²) in [5, 5.41) is 3.84. The van der Waals surface area contributed by atoms with Crippen LogP contribution in [0.3, 0.4) is 0 Å². The second kappa shape index (κ2) is 8.71. The number of pyridine rings is 1. The van der Waals surface area contributed by atoms with Crippen LogP contribution in [0.1, 0.15) is 11.1 Å². The highest BCUT2D eigenvalue weighted by Gasteiger charge is 2.19. The van der Waals surface area contributed by atoms with Crippen molar-refractivity contribution in [3.63, 3.8) is 0 Å². The Morgan fingerprint density at radius 2 is 2.00 bits per heavy atom. The Morgan fingerprint density at radius 3 is 2.75 bits per heavy atom. The van der Waals surface area contributed by atoms with Crippen molar-refractivity contribution < 1.29 is 13.2 Å². The van der Waals surface area contributed by atoms with Gasteiger partial charge in [-0.25, -0.2) is 23.4 Å². The van der Waals surface area contributed by atoms with E-state index in [1.807, 2.05) is 13.0 Å². The average Bonchev–Trinajstić information content (AvgIpc) is 3.25. The summed E-state index contributed by atoms with van der Waals surface area (Å²) in [5.41, 5.74) is 4.29. The average molecular weight is 473 g/mol. The number of methoxy groups -OCH3 is 1. The molecule has 166 valence electrons. The van der Waals surface area contributed by atoms with Crippen molar-refractivity contribution in [3.05, 3.63) is 53.3 Å². The molecular formula is C21H21ClN6O3S. The number of ether oxygens (including phenoxy) is 1. The van der Waals surface area contributed by atoms with Gasteiger partial charge in [-0.15, -0.1) is 0 Å². The van der Waals surface area contributed by atoms with Crippen LogP contribution >= 0.6 is 11.6 Å².